The van der Waals surface area contributed by atoms with E-state index in [2.05, 4.69) is 30.9 Å². The summed E-state index contributed by atoms with van der Waals surface area (Å²) < 4.78 is 0. The number of benzene rings is 1. The van der Waals surface area contributed by atoms with E-state index in [4.69, 9.17) is 5.73 Å². The Morgan fingerprint density at radius 3 is 2.53 bits per heavy atom. The first-order valence-electron chi connectivity index (χ1n) is 7.05. The fourth-order valence-electron chi connectivity index (χ4n) is 3.18. The fourth-order valence-corrected chi connectivity index (χ4v) is 3.18. The highest BCUT2D eigenvalue weighted by Crippen LogP contribution is 2.39. The molecule has 1 heterocycles. The topological polar surface area (TPSA) is 46.3 Å². The van der Waals surface area contributed by atoms with E-state index in [1.807, 2.05) is 12.1 Å². The maximum absolute atomic E-state index is 11.3. The quantitative estimate of drug-likeness (QED) is 0.847. The standard InChI is InChI=1S/C16H24N2O/c1-12(19)13-4-6-15(7-5-13)18-11-9-14(8-10-17)16(18,2)3/h4-7,14H,8-11,17H2,1-3H3. The second-order valence-corrected chi connectivity index (χ2v) is 5.97. The van der Waals surface area contributed by atoms with Crippen LogP contribution in [0.15, 0.2) is 24.3 Å². The van der Waals surface area contributed by atoms with E-state index < -0.39 is 0 Å². The fraction of sp³-hybridized carbons (Fsp3) is 0.562. The molecule has 1 aliphatic heterocycles. The molecule has 1 saturated heterocycles. The average molecular weight is 260 g/mol. The van der Waals surface area contributed by atoms with Gasteiger partial charge in [0.1, 0.15) is 0 Å². The summed E-state index contributed by atoms with van der Waals surface area (Å²) in [5.41, 5.74) is 7.83. The Kier molecular flexibility index (Phi) is 3.95. The lowest BCUT2D eigenvalue weighted by molar-refractivity contribution is 0.101. The van der Waals surface area contributed by atoms with Crippen LogP contribution in [0.5, 0.6) is 0 Å². The summed E-state index contributed by atoms with van der Waals surface area (Å²) >= 11 is 0. The summed E-state index contributed by atoms with van der Waals surface area (Å²) in [7, 11) is 0. The third kappa shape index (κ3) is 2.66. The molecule has 3 heteroatoms. The molecule has 1 aromatic carbocycles. The van der Waals surface area contributed by atoms with Crippen LogP contribution in [-0.2, 0) is 0 Å². The van der Waals surface area contributed by atoms with Crippen LogP contribution in [0.25, 0.3) is 0 Å². The van der Waals surface area contributed by atoms with Gasteiger partial charge >= 0.3 is 0 Å². The van der Waals surface area contributed by atoms with Gasteiger partial charge in [-0.25, -0.2) is 0 Å². The van der Waals surface area contributed by atoms with Gasteiger partial charge in [-0.15, -0.1) is 0 Å². The molecule has 0 bridgehead atoms. The third-order valence-electron chi connectivity index (χ3n) is 4.50. The van der Waals surface area contributed by atoms with Gasteiger partial charge in [-0.3, -0.25) is 4.79 Å². The average Bonchev–Trinajstić information content (AvgIpc) is 2.66. The molecular weight excluding hydrogens is 236 g/mol. The molecule has 1 aromatic rings. The van der Waals surface area contributed by atoms with E-state index in [-0.39, 0.29) is 11.3 Å². The Hall–Kier alpha value is -1.35. The number of anilines is 1. The van der Waals surface area contributed by atoms with Crippen LogP contribution >= 0.6 is 0 Å². The molecule has 1 atom stereocenters. The van der Waals surface area contributed by atoms with Crippen molar-refractivity contribution in [1.29, 1.82) is 0 Å². The van der Waals surface area contributed by atoms with E-state index >= 15 is 0 Å². The molecular formula is C16H24N2O. The van der Waals surface area contributed by atoms with E-state index in [1.165, 1.54) is 12.1 Å². The number of carbonyl (C=O) groups is 1. The van der Waals surface area contributed by atoms with Crippen molar-refractivity contribution in [2.75, 3.05) is 18.0 Å². The van der Waals surface area contributed by atoms with Crippen molar-refractivity contribution >= 4 is 11.5 Å². The summed E-state index contributed by atoms with van der Waals surface area (Å²) in [4.78, 5) is 13.8. The van der Waals surface area contributed by atoms with Crippen molar-refractivity contribution < 1.29 is 4.79 Å². The van der Waals surface area contributed by atoms with Crippen molar-refractivity contribution in [2.45, 2.75) is 39.2 Å². The number of Topliss-reactive ketones (excluding diaryl/α,β-unsaturated/α-hetero) is 1. The molecule has 1 fully saturated rings. The number of hydrogen-bond acceptors (Lipinski definition) is 3. The molecule has 2 rings (SSSR count). The van der Waals surface area contributed by atoms with E-state index in [0.717, 1.165) is 25.1 Å². The zero-order valence-electron chi connectivity index (χ0n) is 12.1. The monoisotopic (exact) mass is 260 g/mol. The van der Waals surface area contributed by atoms with Gasteiger partial charge in [0.25, 0.3) is 0 Å². The van der Waals surface area contributed by atoms with Gasteiger partial charge in [0.15, 0.2) is 5.78 Å². The van der Waals surface area contributed by atoms with Gasteiger partial charge < -0.3 is 10.6 Å². The van der Waals surface area contributed by atoms with Gasteiger partial charge in [0.2, 0.25) is 0 Å². The first-order chi connectivity index (χ1) is 8.96. The molecule has 0 aromatic heterocycles. The zero-order chi connectivity index (χ0) is 14.0. The largest absolute Gasteiger partial charge is 0.366 e. The van der Waals surface area contributed by atoms with Crippen molar-refractivity contribution in [3.63, 3.8) is 0 Å². The molecule has 2 N–H and O–H groups in total. The summed E-state index contributed by atoms with van der Waals surface area (Å²) in [6, 6.07) is 7.96. The van der Waals surface area contributed by atoms with Crippen LogP contribution in [0.2, 0.25) is 0 Å². The normalized spacial score (nSPS) is 21.7. The number of carbonyl (C=O) groups excluding carboxylic acids is 1. The molecule has 104 valence electrons. The Morgan fingerprint density at radius 1 is 1.37 bits per heavy atom. The Labute approximate surface area is 115 Å². The lowest BCUT2D eigenvalue weighted by Gasteiger charge is -2.38. The van der Waals surface area contributed by atoms with E-state index in [0.29, 0.717) is 5.92 Å². The van der Waals surface area contributed by atoms with Crippen LogP contribution < -0.4 is 10.6 Å². The van der Waals surface area contributed by atoms with Gasteiger partial charge in [0, 0.05) is 23.3 Å². The van der Waals surface area contributed by atoms with Crippen LogP contribution in [0, 0.1) is 5.92 Å². The lowest BCUT2D eigenvalue weighted by atomic mass is 9.85. The van der Waals surface area contributed by atoms with E-state index in [9.17, 15) is 4.79 Å². The molecule has 0 saturated carbocycles. The predicted molar refractivity (Wildman–Crippen MR) is 79.6 cm³/mol. The summed E-state index contributed by atoms with van der Waals surface area (Å²) in [6.07, 6.45) is 2.27. The predicted octanol–water partition coefficient (Wildman–Crippen LogP) is 2.84. The highest BCUT2D eigenvalue weighted by Gasteiger charge is 2.40. The molecule has 1 unspecified atom stereocenters. The molecule has 1 aliphatic rings. The molecule has 0 amide bonds. The van der Waals surface area contributed by atoms with Crippen molar-refractivity contribution in [3.05, 3.63) is 29.8 Å². The van der Waals surface area contributed by atoms with Gasteiger partial charge in [0.05, 0.1) is 0 Å². The minimum atomic E-state index is 0.119. The second kappa shape index (κ2) is 5.33. The van der Waals surface area contributed by atoms with Crippen molar-refractivity contribution in [1.82, 2.24) is 0 Å². The van der Waals surface area contributed by atoms with Crippen LogP contribution in [0.4, 0.5) is 5.69 Å². The first kappa shape index (κ1) is 14.1. The maximum Gasteiger partial charge on any atom is 0.159 e. The Bertz CT molecular complexity index is 450. The number of hydrogen-bond donors (Lipinski definition) is 1. The summed E-state index contributed by atoms with van der Waals surface area (Å²) in [5, 5.41) is 0. The Morgan fingerprint density at radius 2 is 2.00 bits per heavy atom. The highest BCUT2D eigenvalue weighted by molar-refractivity contribution is 5.94. The van der Waals surface area contributed by atoms with Crippen molar-refractivity contribution in [3.8, 4) is 0 Å². The third-order valence-corrected chi connectivity index (χ3v) is 4.50. The number of ketones is 1. The summed E-state index contributed by atoms with van der Waals surface area (Å²) in [5.74, 6) is 0.762. The Balaban J connectivity index is 2.20. The zero-order valence-corrected chi connectivity index (χ0v) is 12.1. The number of rotatable bonds is 4. The lowest BCUT2D eigenvalue weighted by Crippen LogP contribution is -2.43. The maximum atomic E-state index is 11.3. The van der Waals surface area contributed by atoms with Crippen LogP contribution in [-0.4, -0.2) is 24.4 Å². The minimum absolute atomic E-state index is 0.119. The van der Waals surface area contributed by atoms with Gasteiger partial charge in [-0.1, -0.05) is 0 Å². The minimum Gasteiger partial charge on any atom is -0.366 e. The molecule has 3 nitrogen and oxygen atoms in total. The van der Waals surface area contributed by atoms with E-state index in [1.54, 1.807) is 6.92 Å². The molecule has 0 spiro atoms. The molecule has 19 heavy (non-hydrogen) atoms. The van der Waals surface area contributed by atoms with Crippen molar-refractivity contribution in [2.24, 2.45) is 11.7 Å². The summed E-state index contributed by atoms with van der Waals surface area (Å²) in [6.45, 7) is 8.01. The first-order valence-corrected chi connectivity index (χ1v) is 7.05. The smallest absolute Gasteiger partial charge is 0.159 e. The SMILES string of the molecule is CC(=O)c1ccc(N2CCC(CCN)C2(C)C)cc1. The van der Waals surface area contributed by atoms with Gasteiger partial charge in [-0.2, -0.15) is 0 Å². The highest BCUT2D eigenvalue weighted by atomic mass is 16.1. The molecule has 0 aliphatic carbocycles. The van der Waals surface area contributed by atoms with Gasteiger partial charge in [-0.05, 0) is 70.3 Å². The van der Waals surface area contributed by atoms with Crippen LogP contribution in [0.1, 0.15) is 44.0 Å². The second-order valence-electron chi connectivity index (χ2n) is 5.97. The number of nitrogens with zero attached hydrogens (tertiary/aromatic N) is 1. The number of nitrogens with two attached hydrogens (primary N) is 1. The van der Waals surface area contributed by atoms with Crippen LogP contribution in [0.3, 0.4) is 0 Å². The molecule has 0 radical (unpaired) electrons.